The monoisotopic (exact) mass is 411 g/mol. The van der Waals surface area contributed by atoms with E-state index >= 15 is 0 Å². The van der Waals surface area contributed by atoms with E-state index in [-0.39, 0.29) is 18.7 Å². The Balaban J connectivity index is 1.63. The van der Waals surface area contributed by atoms with Crippen molar-refractivity contribution in [2.45, 2.75) is 20.1 Å². The highest BCUT2D eigenvalue weighted by atomic mass is 16.5. The molecule has 0 bridgehead atoms. The van der Waals surface area contributed by atoms with Crippen LogP contribution in [0.2, 0.25) is 0 Å². The lowest BCUT2D eigenvalue weighted by atomic mass is 10.0. The summed E-state index contributed by atoms with van der Waals surface area (Å²) in [6.07, 6.45) is 1.47. The van der Waals surface area contributed by atoms with Crippen molar-refractivity contribution in [3.63, 3.8) is 0 Å². The summed E-state index contributed by atoms with van der Waals surface area (Å²) in [5.41, 5.74) is 2.06. The molecule has 3 amide bonds. The van der Waals surface area contributed by atoms with Gasteiger partial charge in [0.15, 0.2) is 6.61 Å². The number of hydrogen-bond donors (Lipinski definition) is 2. The topological polar surface area (TPSA) is 120 Å². The number of aryl methyl sites for hydroxylation is 1. The van der Waals surface area contributed by atoms with Gasteiger partial charge in [0.1, 0.15) is 5.76 Å². The molecule has 2 aromatic heterocycles. The molecule has 0 radical (unpaired) electrons. The molecule has 3 rings (SSSR count). The number of pyridine rings is 1. The SMILES string of the molecule is COCc1nc2ccccc2c(C)c1C(=O)OCC(=O)NC(=O)NCc1ccco1. The van der Waals surface area contributed by atoms with Crippen LogP contribution < -0.4 is 10.6 Å². The molecular weight excluding hydrogens is 390 g/mol. The normalized spacial score (nSPS) is 10.6. The maximum atomic E-state index is 12.7. The van der Waals surface area contributed by atoms with Crippen LogP contribution in [0.3, 0.4) is 0 Å². The van der Waals surface area contributed by atoms with Crippen molar-refractivity contribution in [1.82, 2.24) is 15.6 Å². The minimum Gasteiger partial charge on any atom is -0.467 e. The van der Waals surface area contributed by atoms with Crippen LogP contribution in [-0.4, -0.2) is 36.6 Å². The van der Waals surface area contributed by atoms with Crippen LogP contribution in [-0.2, 0) is 27.4 Å². The number of furan rings is 1. The number of esters is 1. The van der Waals surface area contributed by atoms with E-state index in [9.17, 15) is 14.4 Å². The summed E-state index contributed by atoms with van der Waals surface area (Å²) < 4.78 is 15.3. The van der Waals surface area contributed by atoms with Gasteiger partial charge in [0.2, 0.25) is 0 Å². The lowest BCUT2D eigenvalue weighted by molar-refractivity contribution is -0.123. The quantitative estimate of drug-likeness (QED) is 0.573. The number of methoxy groups -OCH3 is 1. The van der Waals surface area contributed by atoms with E-state index in [1.54, 1.807) is 19.1 Å². The van der Waals surface area contributed by atoms with Gasteiger partial charge in [-0.25, -0.2) is 14.6 Å². The Bertz CT molecular complexity index is 1060. The van der Waals surface area contributed by atoms with Crippen molar-refractivity contribution in [3.8, 4) is 0 Å². The van der Waals surface area contributed by atoms with Crippen molar-refractivity contribution in [2.24, 2.45) is 0 Å². The third kappa shape index (κ3) is 5.00. The molecule has 2 heterocycles. The van der Waals surface area contributed by atoms with E-state index < -0.39 is 24.5 Å². The molecule has 9 heteroatoms. The van der Waals surface area contributed by atoms with E-state index in [0.29, 0.717) is 17.0 Å². The van der Waals surface area contributed by atoms with Gasteiger partial charge in [-0.3, -0.25) is 10.1 Å². The highest BCUT2D eigenvalue weighted by molar-refractivity contribution is 6.00. The zero-order valence-electron chi connectivity index (χ0n) is 16.6. The number of fused-ring (bicyclic) bond motifs is 1. The number of carbonyl (C=O) groups excluding carboxylic acids is 3. The van der Waals surface area contributed by atoms with E-state index in [1.165, 1.54) is 13.4 Å². The molecule has 0 spiro atoms. The zero-order chi connectivity index (χ0) is 21.5. The smallest absolute Gasteiger partial charge is 0.340 e. The van der Waals surface area contributed by atoms with E-state index in [4.69, 9.17) is 13.9 Å². The first-order valence-corrected chi connectivity index (χ1v) is 9.14. The van der Waals surface area contributed by atoms with Crippen molar-refractivity contribution in [3.05, 3.63) is 65.2 Å². The number of para-hydroxylation sites is 1. The second-order valence-corrected chi connectivity index (χ2v) is 6.40. The number of imide groups is 1. The summed E-state index contributed by atoms with van der Waals surface area (Å²) in [5.74, 6) is -0.946. The first kappa shape index (κ1) is 21.0. The number of carbonyl (C=O) groups is 3. The minimum absolute atomic E-state index is 0.109. The second kappa shape index (κ2) is 9.66. The van der Waals surface area contributed by atoms with Crippen LogP contribution in [0.1, 0.15) is 27.4 Å². The number of hydrogen-bond acceptors (Lipinski definition) is 7. The molecular formula is C21H21N3O6. The molecule has 2 N–H and O–H groups in total. The minimum atomic E-state index is -0.764. The van der Waals surface area contributed by atoms with Crippen LogP contribution in [0, 0.1) is 6.92 Å². The Morgan fingerprint density at radius 2 is 1.93 bits per heavy atom. The number of nitrogens with zero attached hydrogens (tertiary/aromatic N) is 1. The summed E-state index contributed by atoms with van der Waals surface area (Å²) in [6.45, 7) is 1.39. The fourth-order valence-corrected chi connectivity index (χ4v) is 2.94. The molecule has 3 aromatic rings. The van der Waals surface area contributed by atoms with Gasteiger partial charge < -0.3 is 19.2 Å². The molecule has 0 unspecified atom stereocenters. The summed E-state index contributed by atoms with van der Waals surface area (Å²) in [5, 5.41) is 5.34. The number of amides is 3. The largest absolute Gasteiger partial charge is 0.467 e. The molecule has 0 atom stereocenters. The fourth-order valence-electron chi connectivity index (χ4n) is 2.94. The van der Waals surface area contributed by atoms with Crippen molar-refractivity contribution in [1.29, 1.82) is 0 Å². The maximum Gasteiger partial charge on any atom is 0.340 e. The number of ether oxygens (including phenoxy) is 2. The van der Waals surface area contributed by atoms with Gasteiger partial charge in [-0.05, 0) is 30.7 Å². The first-order valence-electron chi connectivity index (χ1n) is 9.14. The van der Waals surface area contributed by atoms with E-state index in [2.05, 4.69) is 15.6 Å². The molecule has 0 aliphatic heterocycles. The lowest BCUT2D eigenvalue weighted by Crippen LogP contribution is -2.41. The van der Waals surface area contributed by atoms with Gasteiger partial charge in [-0.2, -0.15) is 0 Å². The number of benzene rings is 1. The summed E-state index contributed by atoms with van der Waals surface area (Å²) in [7, 11) is 1.50. The number of aromatic nitrogens is 1. The van der Waals surface area contributed by atoms with Gasteiger partial charge in [-0.15, -0.1) is 0 Å². The summed E-state index contributed by atoms with van der Waals surface area (Å²) in [4.78, 5) is 40.8. The average molecular weight is 411 g/mol. The number of rotatable bonds is 7. The fraction of sp³-hybridized carbons (Fsp3) is 0.238. The van der Waals surface area contributed by atoms with Crippen LogP contribution in [0.4, 0.5) is 4.79 Å². The van der Waals surface area contributed by atoms with Gasteiger partial charge in [0.05, 0.1) is 36.2 Å². The van der Waals surface area contributed by atoms with Crippen molar-refractivity contribution >= 4 is 28.8 Å². The summed E-state index contributed by atoms with van der Waals surface area (Å²) in [6, 6.07) is 10.0. The third-order valence-electron chi connectivity index (χ3n) is 4.30. The van der Waals surface area contributed by atoms with E-state index in [1.807, 2.05) is 24.3 Å². The van der Waals surface area contributed by atoms with Crippen LogP contribution in [0.25, 0.3) is 10.9 Å². The Morgan fingerprint density at radius 3 is 2.67 bits per heavy atom. The molecule has 9 nitrogen and oxygen atoms in total. The van der Waals surface area contributed by atoms with Crippen molar-refractivity contribution < 1.29 is 28.3 Å². The zero-order valence-corrected chi connectivity index (χ0v) is 16.6. The van der Waals surface area contributed by atoms with Gasteiger partial charge in [0.25, 0.3) is 5.91 Å². The number of urea groups is 1. The molecule has 1 aromatic carbocycles. The molecule has 0 saturated carbocycles. The van der Waals surface area contributed by atoms with Gasteiger partial charge >= 0.3 is 12.0 Å². The molecule has 0 fully saturated rings. The molecule has 0 aliphatic carbocycles. The Kier molecular flexibility index (Phi) is 6.76. The molecule has 156 valence electrons. The maximum absolute atomic E-state index is 12.7. The molecule has 30 heavy (non-hydrogen) atoms. The van der Waals surface area contributed by atoms with E-state index in [0.717, 1.165) is 10.9 Å². The average Bonchev–Trinajstić information content (AvgIpc) is 3.25. The van der Waals surface area contributed by atoms with Crippen LogP contribution in [0.5, 0.6) is 0 Å². The Morgan fingerprint density at radius 1 is 1.13 bits per heavy atom. The van der Waals surface area contributed by atoms with Gasteiger partial charge in [-0.1, -0.05) is 18.2 Å². The first-order chi connectivity index (χ1) is 14.5. The Labute approximate surface area is 172 Å². The highest BCUT2D eigenvalue weighted by Crippen LogP contribution is 2.24. The highest BCUT2D eigenvalue weighted by Gasteiger charge is 2.21. The molecule has 0 aliphatic rings. The van der Waals surface area contributed by atoms with Crippen LogP contribution in [0.15, 0.2) is 47.1 Å². The lowest BCUT2D eigenvalue weighted by Gasteiger charge is -2.14. The number of nitrogens with one attached hydrogen (secondary N) is 2. The third-order valence-corrected chi connectivity index (χ3v) is 4.30. The van der Waals surface area contributed by atoms with Crippen molar-refractivity contribution in [2.75, 3.05) is 13.7 Å². The predicted molar refractivity (Wildman–Crippen MR) is 107 cm³/mol. The summed E-state index contributed by atoms with van der Waals surface area (Å²) >= 11 is 0. The standard InChI is InChI=1S/C21H21N3O6/c1-13-15-7-3-4-8-16(15)23-17(11-28-2)19(13)20(26)30-12-18(25)24-21(27)22-10-14-6-5-9-29-14/h3-9H,10-12H2,1-2H3,(H2,22,24,25,27). The second-order valence-electron chi connectivity index (χ2n) is 6.40. The van der Waals surface area contributed by atoms with Crippen LogP contribution >= 0.6 is 0 Å². The molecule has 0 saturated heterocycles. The van der Waals surface area contributed by atoms with Gasteiger partial charge in [0, 0.05) is 12.5 Å². The Hall–Kier alpha value is -3.72. The predicted octanol–water partition coefficient (Wildman–Crippen LogP) is 2.47.